The van der Waals surface area contributed by atoms with Gasteiger partial charge in [0.15, 0.2) is 0 Å². The van der Waals surface area contributed by atoms with Crippen LogP contribution in [0.1, 0.15) is 41.7 Å². The Morgan fingerprint density at radius 3 is 2.55 bits per heavy atom. The lowest BCUT2D eigenvalue weighted by atomic mass is 10.1. The molecule has 1 aliphatic heterocycles. The zero-order valence-electron chi connectivity index (χ0n) is 18.8. The van der Waals surface area contributed by atoms with E-state index >= 15 is 0 Å². The first-order valence-electron chi connectivity index (χ1n) is 10.6. The van der Waals surface area contributed by atoms with Gasteiger partial charge in [0.05, 0.1) is 13.2 Å². The van der Waals surface area contributed by atoms with Crippen LogP contribution in [0, 0.1) is 20.8 Å². The van der Waals surface area contributed by atoms with Crippen LogP contribution in [-0.2, 0) is 16.0 Å². The van der Waals surface area contributed by atoms with Crippen molar-refractivity contribution in [1.82, 2.24) is 5.32 Å². The topological polar surface area (TPSA) is 76.7 Å². The molecule has 2 N–H and O–H groups in total. The van der Waals surface area contributed by atoms with E-state index in [-0.39, 0.29) is 24.5 Å². The van der Waals surface area contributed by atoms with E-state index in [1.807, 2.05) is 58.9 Å². The van der Waals surface area contributed by atoms with E-state index in [1.54, 1.807) is 6.08 Å². The highest BCUT2D eigenvalue weighted by molar-refractivity contribution is 5.98. The van der Waals surface area contributed by atoms with Crippen molar-refractivity contribution in [3.63, 3.8) is 0 Å². The number of hydrogen-bond donors (Lipinski definition) is 2. The number of aryl methyl sites for hydroxylation is 3. The van der Waals surface area contributed by atoms with Crippen molar-refractivity contribution in [2.24, 2.45) is 0 Å². The quantitative estimate of drug-likeness (QED) is 0.659. The highest BCUT2D eigenvalue weighted by atomic mass is 16.5. The Morgan fingerprint density at radius 1 is 1.16 bits per heavy atom. The molecule has 164 valence electrons. The zero-order chi connectivity index (χ0) is 22.5. The zero-order valence-corrected chi connectivity index (χ0v) is 18.8. The highest BCUT2D eigenvalue weighted by Crippen LogP contribution is 2.35. The summed E-state index contributed by atoms with van der Waals surface area (Å²) in [5.74, 6) is 0.904. The Morgan fingerprint density at radius 2 is 1.87 bits per heavy atom. The van der Waals surface area contributed by atoms with Crippen LogP contribution in [0.2, 0.25) is 0 Å². The number of carbonyl (C=O) groups excluding carboxylic acids is 2. The van der Waals surface area contributed by atoms with Gasteiger partial charge in [-0.15, -0.1) is 0 Å². The summed E-state index contributed by atoms with van der Waals surface area (Å²) in [5.41, 5.74) is 5.79. The van der Waals surface area contributed by atoms with Gasteiger partial charge < -0.3 is 20.1 Å². The van der Waals surface area contributed by atoms with Crippen molar-refractivity contribution in [2.75, 3.05) is 18.5 Å². The van der Waals surface area contributed by atoms with E-state index in [0.29, 0.717) is 12.4 Å². The van der Waals surface area contributed by atoms with Gasteiger partial charge in [-0.05, 0) is 64.0 Å². The molecule has 0 spiro atoms. The van der Waals surface area contributed by atoms with Gasteiger partial charge in [-0.25, -0.2) is 0 Å². The van der Waals surface area contributed by atoms with Crippen molar-refractivity contribution in [2.45, 2.75) is 47.1 Å². The van der Waals surface area contributed by atoms with Gasteiger partial charge in [-0.1, -0.05) is 17.7 Å². The number of nitrogens with one attached hydrogen (secondary N) is 2. The predicted molar refractivity (Wildman–Crippen MR) is 123 cm³/mol. The number of hydrogen-bond acceptors (Lipinski definition) is 4. The molecule has 1 aliphatic rings. The van der Waals surface area contributed by atoms with Crippen molar-refractivity contribution in [3.8, 4) is 11.5 Å². The monoisotopic (exact) mass is 422 g/mol. The lowest BCUT2D eigenvalue weighted by Crippen LogP contribution is -2.32. The molecular weight excluding hydrogens is 392 g/mol. The Hall–Kier alpha value is -3.28. The van der Waals surface area contributed by atoms with Crippen molar-refractivity contribution < 1.29 is 19.1 Å². The largest absolute Gasteiger partial charge is 0.493 e. The molecule has 3 rings (SSSR count). The fourth-order valence-electron chi connectivity index (χ4n) is 3.82. The number of carbonyl (C=O) groups is 2. The van der Waals surface area contributed by atoms with Crippen molar-refractivity contribution in [1.29, 1.82) is 0 Å². The minimum atomic E-state index is -0.357. The first-order valence-corrected chi connectivity index (χ1v) is 10.6. The van der Waals surface area contributed by atoms with E-state index in [4.69, 9.17) is 9.47 Å². The Labute approximate surface area is 183 Å². The van der Waals surface area contributed by atoms with Crippen LogP contribution in [-0.4, -0.2) is 31.1 Å². The minimum absolute atomic E-state index is 0.112. The second-order valence-electron chi connectivity index (χ2n) is 7.94. The van der Waals surface area contributed by atoms with Crippen LogP contribution >= 0.6 is 0 Å². The van der Waals surface area contributed by atoms with Gasteiger partial charge in [-0.2, -0.15) is 0 Å². The molecular formula is C25H30N2O4. The van der Waals surface area contributed by atoms with Gasteiger partial charge in [-0.3, -0.25) is 9.59 Å². The molecule has 31 heavy (non-hydrogen) atoms. The van der Waals surface area contributed by atoms with Crippen molar-refractivity contribution in [3.05, 3.63) is 58.2 Å². The fraction of sp³-hybridized carbons (Fsp3) is 0.360. The standard InChI is InChI=1S/C25H30N2O4/c1-6-30-21-13-20-11-18(5)31-22(20)12-19(21)7-8-23(28)26-14-24(29)27-25-16(3)9-15(2)10-17(25)4/h7-10,12-13,18H,6,11,14H2,1-5H3,(H,26,28)(H,27,29)/b8-7+. The molecule has 0 aromatic heterocycles. The Bertz CT molecular complexity index is 1000. The average Bonchev–Trinajstić information content (AvgIpc) is 3.06. The normalized spacial score (nSPS) is 14.8. The second kappa shape index (κ2) is 9.69. The molecule has 0 saturated carbocycles. The maximum Gasteiger partial charge on any atom is 0.244 e. The number of ether oxygens (including phenoxy) is 2. The summed E-state index contributed by atoms with van der Waals surface area (Å²) in [6.45, 7) is 10.3. The summed E-state index contributed by atoms with van der Waals surface area (Å²) in [5, 5.41) is 5.50. The van der Waals surface area contributed by atoms with Gasteiger partial charge in [0, 0.05) is 29.3 Å². The molecule has 0 aliphatic carbocycles. The first kappa shape index (κ1) is 22.4. The third-order valence-electron chi connectivity index (χ3n) is 5.11. The molecule has 0 saturated heterocycles. The fourth-order valence-corrected chi connectivity index (χ4v) is 3.82. The Balaban J connectivity index is 1.61. The van der Waals surface area contributed by atoms with E-state index in [0.717, 1.165) is 45.7 Å². The van der Waals surface area contributed by atoms with Gasteiger partial charge in [0.1, 0.15) is 17.6 Å². The van der Waals surface area contributed by atoms with E-state index in [2.05, 4.69) is 10.6 Å². The van der Waals surface area contributed by atoms with E-state index in [1.165, 1.54) is 6.08 Å². The third-order valence-corrected chi connectivity index (χ3v) is 5.11. The molecule has 0 fully saturated rings. The lowest BCUT2D eigenvalue weighted by Gasteiger charge is -2.13. The maximum absolute atomic E-state index is 12.3. The summed E-state index contributed by atoms with van der Waals surface area (Å²) in [6, 6.07) is 7.89. The molecule has 6 nitrogen and oxygen atoms in total. The van der Waals surface area contributed by atoms with Gasteiger partial charge >= 0.3 is 0 Å². The van der Waals surface area contributed by atoms with E-state index < -0.39 is 0 Å². The molecule has 1 heterocycles. The average molecular weight is 423 g/mol. The third kappa shape index (κ3) is 5.66. The lowest BCUT2D eigenvalue weighted by molar-refractivity contribution is -0.121. The summed E-state index contributed by atoms with van der Waals surface area (Å²) in [4.78, 5) is 24.5. The molecule has 2 aromatic rings. The van der Waals surface area contributed by atoms with Crippen LogP contribution in [0.3, 0.4) is 0 Å². The summed E-state index contributed by atoms with van der Waals surface area (Å²) >= 11 is 0. The van der Waals surface area contributed by atoms with Crippen LogP contribution in [0.5, 0.6) is 11.5 Å². The number of rotatable bonds is 7. The van der Waals surface area contributed by atoms with Crippen molar-refractivity contribution >= 4 is 23.6 Å². The maximum atomic E-state index is 12.3. The molecule has 0 bridgehead atoms. The van der Waals surface area contributed by atoms with Crippen LogP contribution in [0.15, 0.2) is 30.3 Å². The number of benzene rings is 2. The molecule has 1 atom stereocenters. The smallest absolute Gasteiger partial charge is 0.244 e. The summed E-state index contributed by atoms with van der Waals surface area (Å²) in [7, 11) is 0. The van der Waals surface area contributed by atoms with Crippen LogP contribution < -0.4 is 20.1 Å². The molecule has 2 aromatic carbocycles. The van der Waals surface area contributed by atoms with Crippen LogP contribution in [0.4, 0.5) is 5.69 Å². The summed E-state index contributed by atoms with van der Waals surface area (Å²) < 4.78 is 11.5. The van der Waals surface area contributed by atoms with Gasteiger partial charge in [0.25, 0.3) is 0 Å². The molecule has 1 unspecified atom stereocenters. The molecule has 2 amide bonds. The first-order chi connectivity index (χ1) is 14.8. The number of fused-ring (bicyclic) bond motifs is 1. The van der Waals surface area contributed by atoms with Crippen LogP contribution in [0.25, 0.3) is 6.08 Å². The predicted octanol–water partition coefficient (Wildman–Crippen LogP) is 4.10. The van der Waals surface area contributed by atoms with E-state index in [9.17, 15) is 9.59 Å². The number of amides is 2. The summed E-state index contributed by atoms with van der Waals surface area (Å²) in [6.07, 6.45) is 4.05. The minimum Gasteiger partial charge on any atom is -0.493 e. The highest BCUT2D eigenvalue weighted by Gasteiger charge is 2.21. The van der Waals surface area contributed by atoms with Gasteiger partial charge in [0.2, 0.25) is 11.8 Å². The molecule has 6 heteroatoms. The molecule has 0 radical (unpaired) electrons. The second-order valence-corrected chi connectivity index (χ2v) is 7.94. The SMILES string of the molecule is CCOc1cc2c(cc1/C=C/C(=O)NCC(=O)Nc1c(C)cc(C)cc1C)OC(C)C2. The number of anilines is 1. The Kier molecular flexibility index (Phi) is 7.00.